The Bertz CT molecular complexity index is 234. The molecule has 0 aliphatic heterocycles. The molecule has 0 rings (SSSR count). The minimum absolute atomic E-state index is 0.292. The first-order chi connectivity index (χ1) is 9.81. The van der Waals surface area contributed by atoms with Gasteiger partial charge in [0.1, 0.15) is 6.29 Å². The van der Waals surface area contributed by atoms with Crippen LogP contribution in [0.3, 0.4) is 0 Å². The Morgan fingerprint density at radius 2 is 1.45 bits per heavy atom. The number of unbranched alkanes of at least 4 members (excludes halogenated alkanes) is 8. The molecule has 0 aliphatic rings. The van der Waals surface area contributed by atoms with Crippen LogP contribution in [-0.2, 0) is 14.5 Å². The van der Waals surface area contributed by atoms with E-state index in [0.717, 1.165) is 45.1 Å². The molecule has 0 unspecified atom stereocenters. The monoisotopic (exact) mass is 287 g/mol. The van der Waals surface area contributed by atoms with Crippen LogP contribution in [0, 0.1) is 0 Å². The summed E-state index contributed by atoms with van der Waals surface area (Å²) in [6, 6.07) is 0. The molecular weight excluding hydrogens is 258 g/mol. The summed E-state index contributed by atoms with van der Waals surface area (Å²) < 4.78 is 0. The number of aldehydes is 1. The lowest BCUT2D eigenvalue weighted by atomic mass is 10.1. The van der Waals surface area contributed by atoms with Crippen molar-refractivity contribution in [1.82, 2.24) is 5.32 Å². The maximum Gasteiger partial charge on any atom is 0.342 e. The van der Waals surface area contributed by atoms with Crippen molar-refractivity contribution in [3.8, 4) is 0 Å². The van der Waals surface area contributed by atoms with E-state index in [1.807, 2.05) is 0 Å². The highest BCUT2D eigenvalue weighted by atomic mass is 17.1. The normalized spacial score (nSPS) is 10.4. The van der Waals surface area contributed by atoms with Crippen molar-refractivity contribution in [2.45, 2.75) is 70.6 Å². The first kappa shape index (κ1) is 19.1. The smallest absolute Gasteiger partial charge is 0.317 e. The molecule has 0 spiro atoms. The van der Waals surface area contributed by atoms with Crippen molar-refractivity contribution in [2.75, 3.05) is 13.1 Å². The van der Waals surface area contributed by atoms with Gasteiger partial charge >= 0.3 is 5.97 Å². The topological polar surface area (TPSA) is 75.6 Å². The summed E-state index contributed by atoms with van der Waals surface area (Å²) in [5.74, 6) is -0.550. The van der Waals surface area contributed by atoms with E-state index in [1.165, 1.54) is 32.1 Å². The predicted octanol–water partition coefficient (Wildman–Crippen LogP) is 3.08. The van der Waals surface area contributed by atoms with Crippen LogP contribution in [0.1, 0.15) is 70.6 Å². The summed E-state index contributed by atoms with van der Waals surface area (Å²) in [4.78, 5) is 24.3. The van der Waals surface area contributed by atoms with Gasteiger partial charge in [-0.3, -0.25) is 0 Å². The fourth-order valence-corrected chi connectivity index (χ4v) is 2.05. The van der Waals surface area contributed by atoms with Crippen LogP contribution in [0.2, 0.25) is 0 Å². The molecule has 2 N–H and O–H groups in total. The lowest BCUT2D eigenvalue weighted by Gasteiger charge is -2.04. The van der Waals surface area contributed by atoms with Gasteiger partial charge in [-0.15, -0.1) is 0 Å². The molecule has 0 aromatic rings. The van der Waals surface area contributed by atoms with Gasteiger partial charge in [0.05, 0.1) is 0 Å². The van der Waals surface area contributed by atoms with E-state index in [-0.39, 0.29) is 0 Å². The quantitative estimate of drug-likeness (QED) is 0.209. The van der Waals surface area contributed by atoms with Gasteiger partial charge in [0.2, 0.25) is 0 Å². The van der Waals surface area contributed by atoms with Crippen molar-refractivity contribution in [1.29, 1.82) is 0 Å². The molecule has 118 valence electrons. The summed E-state index contributed by atoms with van der Waals surface area (Å²) in [6.45, 7) is 2.03. The molecule has 0 saturated carbocycles. The molecule has 0 heterocycles. The largest absolute Gasteiger partial charge is 0.342 e. The first-order valence-corrected chi connectivity index (χ1v) is 7.80. The molecule has 0 atom stereocenters. The van der Waals surface area contributed by atoms with Crippen molar-refractivity contribution in [2.24, 2.45) is 0 Å². The Hall–Kier alpha value is -0.940. The molecule has 0 saturated heterocycles. The first-order valence-electron chi connectivity index (χ1n) is 7.80. The van der Waals surface area contributed by atoms with Crippen LogP contribution in [-0.4, -0.2) is 30.6 Å². The molecule has 0 radical (unpaired) electrons. The molecule has 0 aromatic carbocycles. The highest BCUT2D eigenvalue weighted by Crippen LogP contribution is 2.06. The van der Waals surface area contributed by atoms with Crippen molar-refractivity contribution >= 4 is 12.3 Å². The summed E-state index contributed by atoms with van der Waals surface area (Å²) in [7, 11) is 0. The maximum absolute atomic E-state index is 10.6. The lowest BCUT2D eigenvalue weighted by molar-refractivity contribution is -0.234. The minimum atomic E-state index is -0.550. The zero-order valence-corrected chi connectivity index (χ0v) is 12.4. The van der Waals surface area contributed by atoms with Gasteiger partial charge in [-0.05, 0) is 38.8 Å². The summed E-state index contributed by atoms with van der Waals surface area (Å²) >= 11 is 0. The third-order valence-corrected chi connectivity index (χ3v) is 3.26. The van der Waals surface area contributed by atoms with Gasteiger partial charge < -0.3 is 15.0 Å². The van der Waals surface area contributed by atoms with Gasteiger partial charge in [0.15, 0.2) is 0 Å². The average Bonchev–Trinajstić information content (AvgIpc) is 2.47. The Morgan fingerprint density at radius 3 is 2.05 bits per heavy atom. The lowest BCUT2D eigenvalue weighted by Crippen LogP contribution is -2.16. The standard InChI is InChI=1S/C15H29NO4/c17-14-10-5-3-1-2-4-8-12-16-13-9-6-7-11-15(18)20-19/h14,16,19H,1-13H2. The Kier molecular flexibility index (Phi) is 15.4. The highest BCUT2D eigenvalue weighted by molar-refractivity contribution is 5.68. The number of hydrogen-bond acceptors (Lipinski definition) is 5. The van der Waals surface area contributed by atoms with E-state index in [1.54, 1.807) is 0 Å². The zero-order valence-electron chi connectivity index (χ0n) is 12.4. The van der Waals surface area contributed by atoms with E-state index < -0.39 is 5.97 Å². The molecule has 5 heteroatoms. The van der Waals surface area contributed by atoms with E-state index in [4.69, 9.17) is 5.26 Å². The van der Waals surface area contributed by atoms with Gasteiger partial charge in [0.25, 0.3) is 0 Å². The van der Waals surface area contributed by atoms with E-state index in [9.17, 15) is 9.59 Å². The zero-order chi connectivity index (χ0) is 14.9. The summed E-state index contributed by atoms with van der Waals surface area (Å²) in [6.07, 6.45) is 11.9. The Morgan fingerprint density at radius 1 is 0.900 bits per heavy atom. The number of carbonyl (C=O) groups is 2. The molecule has 0 amide bonds. The number of carbonyl (C=O) groups excluding carboxylic acids is 2. The van der Waals surface area contributed by atoms with Gasteiger partial charge in [-0.2, -0.15) is 5.26 Å². The third kappa shape index (κ3) is 15.1. The van der Waals surface area contributed by atoms with Crippen molar-refractivity contribution < 1.29 is 19.7 Å². The fraction of sp³-hybridized carbons (Fsp3) is 0.867. The second kappa shape index (κ2) is 16.1. The van der Waals surface area contributed by atoms with Gasteiger partial charge in [0, 0.05) is 12.8 Å². The van der Waals surface area contributed by atoms with Crippen LogP contribution in [0.25, 0.3) is 0 Å². The fourth-order valence-electron chi connectivity index (χ4n) is 2.05. The van der Waals surface area contributed by atoms with Crippen LogP contribution >= 0.6 is 0 Å². The number of rotatable bonds is 15. The molecular formula is C15H29NO4. The second-order valence-corrected chi connectivity index (χ2v) is 5.10. The molecule has 20 heavy (non-hydrogen) atoms. The highest BCUT2D eigenvalue weighted by Gasteiger charge is 2.00. The van der Waals surface area contributed by atoms with Crippen LogP contribution < -0.4 is 5.32 Å². The summed E-state index contributed by atoms with van der Waals surface area (Å²) in [5.41, 5.74) is 0. The van der Waals surface area contributed by atoms with E-state index >= 15 is 0 Å². The Balaban J connectivity index is 2.99. The Labute approximate surface area is 122 Å². The predicted molar refractivity (Wildman–Crippen MR) is 78.4 cm³/mol. The molecule has 5 nitrogen and oxygen atoms in total. The molecule has 0 aromatic heterocycles. The van der Waals surface area contributed by atoms with Gasteiger partial charge in [-0.25, -0.2) is 4.79 Å². The molecule has 0 aliphatic carbocycles. The van der Waals surface area contributed by atoms with E-state index in [0.29, 0.717) is 12.8 Å². The maximum atomic E-state index is 10.6. The molecule has 0 fully saturated rings. The van der Waals surface area contributed by atoms with Gasteiger partial charge in [-0.1, -0.05) is 32.1 Å². The number of nitrogens with one attached hydrogen (secondary N) is 1. The second-order valence-electron chi connectivity index (χ2n) is 5.10. The third-order valence-electron chi connectivity index (χ3n) is 3.26. The SMILES string of the molecule is O=CCCCCCCCCNCCCCCC(=O)OO. The van der Waals surface area contributed by atoms with Crippen molar-refractivity contribution in [3.63, 3.8) is 0 Å². The summed E-state index contributed by atoms with van der Waals surface area (Å²) in [5, 5.41) is 11.4. The molecule has 0 bridgehead atoms. The van der Waals surface area contributed by atoms with Crippen LogP contribution in [0.5, 0.6) is 0 Å². The van der Waals surface area contributed by atoms with E-state index in [2.05, 4.69) is 10.2 Å². The minimum Gasteiger partial charge on any atom is -0.317 e. The van der Waals surface area contributed by atoms with Crippen LogP contribution in [0.15, 0.2) is 0 Å². The average molecular weight is 287 g/mol. The van der Waals surface area contributed by atoms with Crippen molar-refractivity contribution in [3.05, 3.63) is 0 Å². The number of hydrogen-bond donors (Lipinski definition) is 2. The van der Waals surface area contributed by atoms with Crippen LogP contribution in [0.4, 0.5) is 0 Å².